The van der Waals surface area contributed by atoms with Gasteiger partial charge in [-0.25, -0.2) is 4.68 Å². The van der Waals surface area contributed by atoms with Crippen molar-refractivity contribution in [3.05, 3.63) is 52.7 Å². The molecule has 1 aromatic heterocycles. The van der Waals surface area contributed by atoms with Crippen LogP contribution in [0.25, 0.3) is 0 Å². The third-order valence-electron chi connectivity index (χ3n) is 5.72. The van der Waals surface area contributed by atoms with Gasteiger partial charge in [0.2, 0.25) is 5.88 Å². The molecule has 0 saturated heterocycles. The zero-order valence-corrected chi connectivity index (χ0v) is 21.1. The molecule has 0 aliphatic carbocycles. The van der Waals surface area contributed by atoms with Gasteiger partial charge in [-0.15, -0.1) is 0 Å². The number of allylic oxidation sites excluding steroid dienone is 1. The van der Waals surface area contributed by atoms with E-state index in [4.69, 9.17) is 9.47 Å². The van der Waals surface area contributed by atoms with Gasteiger partial charge in [0, 0.05) is 13.1 Å². The van der Waals surface area contributed by atoms with E-state index in [1.54, 1.807) is 10.9 Å². The Kier molecular flexibility index (Phi) is 12.2. The van der Waals surface area contributed by atoms with Crippen LogP contribution in [0.1, 0.15) is 74.3 Å². The van der Waals surface area contributed by atoms with Crippen LogP contribution in [0.4, 0.5) is 0 Å². The van der Waals surface area contributed by atoms with Crippen molar-refractivity contribution in [1.29, 1.82) is 0 Å². The molecule has 0 aliphatic heterocycles. The lowest BCUT2D eigenvalue weighted by Gasteiger charge is -2.13. The lowest BCUT2D eigenvalue weighted by Crippen LogP contribution is -2.02. The fraction of sp³-hybridized carbons (Fsp3) is 0.556. The Labute approximate surface area is 199 Å². The summed E-state index contributed by atoms with van der Waals surface area (Å²) in [5.74, 6) is 1.73. The second-order valence-electron chi connectivity index (χ2n) is 8.44. The molecule has 0 N–H and O–H groups in total. The predicted molar refractivity (Wildman–Crippen MR) is 136 cm³/mol. The summed E-state index contributed by atoms with van der Waals surface area (Å²) in [6.07, 6.45) is 15.4. The summed E-state index contributed by atoms with van der Waals surface area (Å²) in [6, 6.07) is 6.22. The van der Waals surface area contributed by atoms with Crippen LogP contribution in [0.3, 0.4) is 0 Å². The Morgan fingerprint density at radius 1 is 0.939 bits per heavy atom. The minimum absolute atomic E-state index is 0.634. The SMILES string of the molecule is C/C=C/COc1cc(C)c(CCCCCCCCCOc2cc(C=NOC)nn2C)c(C)c1. The van der Waals surface area contributed by atoms with Crippen molar-refractivity contribution in [1.82, 2.24) is 9.78 Å². The highest BCUT2D eigenvalue weighted by molar-refractivity contribution is 5.76. The normalized spacial score (nSPS) is 11.5. The molecule has 0 aliphatic rings. The molecule has 2 rings (SSSR count). The smallest absolute Gasteiger partial charge is 0.212 e. The van der Waals surface area contributed by atoms with E-state index in [2.05, 4.69) is 41.1 Å². The molecular weight excluding hydrogens is 414 g/mol. The van der Waals surface area contributed by atoms with E-state index in [0.29, 0.717) is 13.2 Å². The van der Waals surface area contributed by atoms with E-state index in [9.17, 15) is 0 Å². The van der Waals surface area contributed by atoms with E-state index in [0.717, 1.165) is 30.2 Å². The highest BCUT2D eigenvalue weighted by Gasteiger charge is 2.07. The van der Waals surface area contributed by atoms with Crippen LogP contribution in [0.2, 0.25) is 0 Å². The second kappa shape index (κ2) is 15.1. The Morgan fingerprint density at radius 3 is 2.27 bits per heavy atom. The van der Waals surface area contributed by atoms with Gasteiger partial charge in [0.1, 0.15) is 25.2 Å². The number of benzene rings is 1. The number of aromatic nitrogens is 2. The molecule has 2 aromatic rings. The van der Waals surface area contributed by atoms with Gasteiger partial charge < -0.3 is 14.3 Å². The summed E-state index contributed by atoms with van der Waals surface area (Å²) in [7, 11) is 3.39. The van der Waals surface area contributed by atoms with Gasteiger partial charge in [0.15, 0.2) is 0 Å². The maximum atomic E-state index is 5.84. The van der Waals surface area contributed by atoms with Crippen molar-refractivity contribution in [2.45, 2.75) is 72.1 Å². The molecule has 1 aromatic carbocycles. The monoisotopic (exact) mass is 455 g/mol. The van der Waals surface area contributed by atoms with Crippen molar-refractivity contribution in [3.63, 3.8) is 0 Å². The largest absolute Gasteiger partial charge is 0.490 e. The number of nitrogens with zero attached hydrogens (tertiary/aromatic N) is 3. The molecule has 0 atom stereocenters. The van der Waals surface area contributed by atoms with E-state index in [1.165, 1.54) is 62.3 Å². The molecule has 6 nitrogen and oxygen atoms in total. The fourth-order valence-corrected chi connectivity index (χ4v) is 3.91. The average molecular weight is 456 g/mol. The van der Waals surface area contributed by atoms with Crippen LogP contribution >= 0.6 is 0 Å². The molecular formula is C27H41N3O3. The molecule has 1 heterocycles. The van der Waals surface area contributed by atoms with Crippen LogP contribution in [-0.4, -0.2) is 36.3 Å². The first-order valence-electron chi connectivity index (χ1n) is 12.1. The van der Waals surface area contributed by atoms with Crippen molar-refractivity contribution in [2.24, 2.45) is 12.2 Å². The predicted octanol–water partition coefficient (Wildman–Crippen LogP) is 6.32. The minimum atomic E-state index is 0.634. The molecule has 33 heavy (non-hydrogen) atoms. The highest BCUT2D eigenvalue weighted by atomic mass is 16.6. The number of hydrogen-bond donors (Lipinski definition) is 0. The second-order valence-corrected chi connectivity index (χ2v) is 8.44. The summed E-state index contributed by atoms with van der Waals surface area (Å²) >= 11 is 0. The molecule has 6 heteroatoms. The minimum Gasteiger partial charge on any atom is -0.490 e. The van der Waals surface area contributed by atoms with E-state index in [1.807, 2.05) is 32.2 Å². The molecule has 0 unspecified atom stereocenters. The molecule has 0 spiro atoms. The zero-order valence-electron chi connectivity index (χ0n) is 21.1. The highest BCUT2D eigenvalue weighted by Crippen LogP contribution is 2.24. The number of oxime groups is 1. The van der Waals surface area contributed by atoms with Crippen LogP contribution in [-0.2, 0) is 18.3 Å². The zero-order chi connectivity index (χ0) is 23.9. The Bertz CT molecular complexity index is 864. The quantitative estimate of drug-likeness (QED) is 0.129. The van der Waals surface area contributed by atoms with Gasteiger partial charge in [0.25, 0.3) is 0 Å². The summed E-state index contributed by atoms with van der Waals surface area (Å²) in [5, 5.41) is 8.04. The first-order valence-corrected chi connectivity index (χ1v) is 12.1. The third kappa shape index (κ3) is 9.72. The number of hydrogen-bond acceptors (Lipinski definition) is 5. The summed E-state index contributed by atoms with van der Waals surface area (Å²) in [4.78, 5) is 4.68. The van der Waals surface area contributed by atoms with E-state index >= 15 is 0 Å². The number of aryl methyl sites for hydroxylation is 3. The van der Waals surface area contributed by atoms with Crippen molar-refractivity contribution >= 4 is 6.21 Å². The van der Waals surface area contributed by atoms with Gasteiger partial charge >= 0.3 is 0 Å². The number of rotatable bonds is 16. The number of ether oxygens (including phenoxy) is 2. The van der Waals surface area contributed by atoms with Gasteiger partial charge in [-0.3, -0.25) is 0 Å². The summed E-state index contributed by atoms with van der Waals surface area (Å²) in [5.41, 5.74) is 4.90. The maximum Gasteiger partial charge on any atom is 0.212 e. The third-order valence-corrected chi connectivity index (χ3v) is 5.72. The standard InChI is InChI=1S/C27H41N3O3/c1-6-7-16-32-25-18-22(2)26(23(3)19-25)15-13-11-9-8-10-12-14-17-33-27-20-24(21-28-31-5)29-30(27)4/h6-7,18-21H,8-17H2,1-5H3/b7-6+,28-21?. The average Bonchev–Trinajstić information content (AvgIpc) is 3.14. The molecule has 182 valence electrons. The molecule has 0 bridgehead atoms. The first kappa shape index (κ1) is 26.5. The van der Waals surface area contributed by atoms with Crippen molar-refractivity contribution in [2.75, 3.05) is 20.3 Å². The van der Waals surface area contributed by atoms with Gasteiger partial charge in [-0.1, -0.05) is 49.4 Å². The Balaban J connectivity index is 1.55. The van der Waals surface area contributed by atoms with Crippen LogP contribution in [0, 0.1) is 13.8 Å². The van der Waals surface area contributed by atoms with Crippen LogP contribution in [0.15, 0.2) is 35.5 Å². The Morgan fingerprint density at radius 2 is 1.61 bits per heavy atom. The van der Waals surface area contributed by atoms with Crippen molar-refractivity contribution < 1.29 is 14.3 Å². The van der Waals surface area contributed by atoms with E-state index in [-0.39, 0.29) is 0 Å². The fourth-order valence-electron chi connectivity index (χ4n) is 3.91. The maximum absolute atomic E-state index is 5.84. The van der Waals surface area contributed by atoms with Crippen LogP contribution < -0.4 is 9.47 Å². The molecule has 0 saturated carbocycles. The molecule has 0 radical (unpaired) electrons. The van der Waals surface area contributed by atoms with Gasteiger partial charge in [0.05, 0.1) is 12.8 Å². The lowest BCUT2D eigenvalue weighted by molar-refractivity contribution is 0.215. The lowest BCUT2D eigenvalue weighted by atomic mass is 9.96. The van der Waals surface area contributed by atoms with Crippen molar-refractivity contribution in [3.8, 4) is 11.6 Å². The topological polar surface area (TPSA) is 57.9 Å². The summed E-state index contributed by atoms with van der Waals surface area (Å²) in [6.45, 7) is 7.76. The van der Waals surface area contributed by atoms with E-state index < -0.39 is 0 Å². The van der Waals surface area contributed by atoms with Gasteiger partial charge in [-0.2, -0.15) is 5.10 Å². The summed E-state index contributed by atoms with van der Waals surface area (Å²) < 4.78 is 13.4. The number of unbranched alkanes of at least 4 members (excludes halogenated alkanes) is 6. The molecule has 0 amide bonds. The van der Waals surface area contributed by atoms with Gasteiger partial charge in [-0.05, 0) is 68.9 Å². The van der Waals surface area contributed by atoms with Crippen LogP contribution in [0.5, 0.6) is 11.6 Å². The Hall–Kier alpha value is -2.76. The molecule has 0 fully saturated rings. The first-order chi connectivity index (χ1) is 16.0.